The van der Waals surface area contributed by atoms with Gasteiger partial charge in [-0.05, 0) is 50.2 Å². The smallest absolute Gasteiger partial charge is 0.135 e. The number of nitrogens with two attached hydrogens (primary N) is 1. The monoisotopic (exact) mass is 299 g/mol. The standard InChI is InChI=1S/C16H21N5O/c17-15-11-16(19-12-18-15)20-13-3-5-14(6-4-13)22-10-9-21-7-1-2-8-21/h3-6,11-12H,1-2,7-10H2,(H3,17,18,19,20). The summed E-state index contributed by atoms with van der Waals surface area (Å²) in [6.07, 6.45) is 4.06. The van der Waals surface area contributed by atoms with E-state index in [4.69, 9.17) is 10.5 Å². The van der Waals surface area contributed by atoms with Gasteiger partial charge in [0.25, 0.3) is 0 Å². The number of benzene rings is 1. The van der Waals surface area contributed by atoms with Crippen LogP contribution in [0.25, 0.3) is 0 Å². The summed E-state index contributed by atoms with van der Waals surface area (Å²) in [5.41, 5.74) is 6.56. The number of hydrogen-bond acceptors (Lipinski definition) is 6. The molecule has 0 radical (unpaired) electrons. The van der Waals surface area contributed by atoms with Gasteiger partial charge in [-0.3, -0.25) is 4.90 Å². The number of ether oxygens (including phenoxy) is 1. The van der Waals surface area contributed by atoms with Crippen LogP contribution in [0.3, 0.4) is 0 Å². The summed E-state index contributed by atoms with van der Waals surface area (Å²) >= 11 is 0. The molecule has 2 heterocycles. The molecule has 6 nitrogen and oxygen atoms in total. The summed E-state index contributed by atoms with van der Waals surface area (Å²) in [4.78, 5) is 10.4. The lowest BCUT2D eigenvalue weighted by Gasteiger charge is -2.15. The van der Waals surface area contributed by atoms with Crippen molar-refractivity contribution in [1.82, 2.24) is 14.9 Å². The predicted molar refractivity (Wildman–Crippen MR) is 87.3 cm³/mol. The molecule has 3 N–H and O–H groups in total. The Kier molecular flexibility index (Phi) is 4.70. The van der Waals surface area contributed by atoms with Gasteiger partial charge >= 0.3 is 0 Å². The van der Waals surface area contributed by atoms with Gasteiger partial charge in [0.05, 0.1) is 0 Å². The quantitative estimate of drug-likeness (QED) is 0.852. The number of aromatic nitrogens is 2. The maximum Gasteiger partial charge on any atom is 0.135 e. The number of nitrogens with one attached hydrogen (secondary N) is 1. The first kappa shape index (κ1) is 14.6. The Morgan fingerprint density at radius 3 is 2.64 bits per heavy atom. The largest absolute Gasteiger partial charge is 0.492 e. The van der Waals surface area contributed by atoms with Gasteiger partial charge in [0, 0.05) is 18.3 Å². The third kappa shape index (κ3) is 4.08. The molecular weight excluding hydrogens is 278 g/mol. The van der Waals surface area contributed by atoms with E-state index in [1.165, 1.54) is 32.3 Å². The van der Waals surface area contributed by atoms with E-state index in [2.05, 4.69) is 20.2 Å². The number of rotatable bonds is 6. The molecule has 0 unspecified atom stereocenters. The average molecular weight is 299 g/mol. The van der Waals surface area contributed by atoms with Crippen LogP contribution in [-0.2, 0) is 0 Å². The maximum absolute atomic E-state index is 5.78. The fraction of sp³-hybridized carbons (Fsp3) is 0.375. The first-order chi connectivity index (χ1) is 10.8. The topological polar surface area (TPSA) is 76.3 Å². The molecule has 6 heteroatoms. The Morgan fingerprint density at radius 2 is 1.91 bits per heavy atom. The summed E-state index contributed by atoms with van der Waals surface area (Å²) in [6.45, 7) is 4.14. The highest BCUT2D eigenvalue weighted by Crippen LogP contribution is 2.19. The van der Waals surface area contributed by atoms with Crippen molar-refractivity contribution in [2.75, 3.05) is 37.3 Å². The fourth-order valence-corrected chi connectivity index (χ4v) is 2.52. The van der Waals surface area contributed by atoms with Crippen LogP contribution in [0.4, 0.5) is 17.3 Å². The number of nitrogen functional groups attached to an aromatic ring is 1. The van der Waals surface area contributed by atoms with Crippen molar-refractivity contribution in [2.45, 2.75) is 12.8 Å². The Labute approximate surface area is 130 Å². The van der Waals surface area contributed by atoms with Crippen molar-refractivity contribution in [3.63, 3.8) is 0 Å². The zero-order valence-corrected chi connectivity index (χ0v) is 12.5. The van der Waals surface area contributed by atoms with Crippen LogP contribution in [0.5, 0.6) is 5.75 Å². The first-order valence-electron chi connectivity index (χ1n) is 7.59. The maximum atomic E-state index is 5.78. The van der Waals surface area contributed by atoms with Gasteiger partial charge in [-0.1, -0.05) is 0 Å². The molecule has 1 aromatic carbocycles. The molecule has 0 saturated carbocycles. The Bertz CT molecular complexity index is 596. The van der Waals surface area contributed by atoms with Crippen molar-refractivity contribution < 1.29 is 4.74 Å². The van der Waals surface area contributed by atoms with Crippen LogP contribution in [0, 0.1) is 0 Å². The Balaban J connectivity index is 1.49. The molecule has 0 aliphatic carbocycles. The molecule has 1 aromatic heterocycles. The fourth-order valence-electron chi connectivity index (χ4n) is 2.52. The second-order valence-corrected chi connectivity index (χ2v) is 5.37. The molecule has 116 valence electrons. The van der Waals surface area contributed by atoms with Gasteiger partial charge in [-0.15, -0.1) is 0 Å². The average Bonchev–Trinajstić information content (AvgIpc) is 3.02. The van der Waals surface area contributed by atoms with Crippen LogP contribution in [0.1, 0.15) is 12.8 Å². The van der Waals surface area contributed by atoms with E-state index < -0.39 is 0 Å². The number of nitrogens with zero attached hydrogens (tertiary/aromatic N) is 3. The SMILES string of the molecule is Nc1cc(Nc2ccc(OCCN3CCCC3)cc2)ncn1. The molecule has 0 amide bonds. The van der Waals surface area contributed by atoms with Crippen LogP contribution in [0.2, 0.25) is 0 Å². The molecule has 1 aliphatic heterocycles. The van der Waals surface area contributed by atoms with Gasteiger partial charge in [0.15, 0.2) is 0 Å². The van der Waals surface area contributed by atoms with Gasteiger partial charge in [0.1, 0.15) is 30.3 Å². The van der Waals surface area contributed by atoms with Crippen LogP contribution < -0.4 is 15.8 Å². The Morgan fingerprint density at radius 1 is 1.14 bits per heavy atom. The lowest BCUT2D eigenvalue weighted by Crippen LogP contribution is -2.25. The second-order valence-electron chi connectivity index (χ2n) is 5.37. The third-order valence-corrected chi connectivity index (χ3v) is 3.69. The highest BCUT2D eigenvalue weighted by molar-refractivity contribution is 5.58. The minimum atomic E-state index is 0.444. The second kappa shape index (κ2) is 7.09. The molecule has 2 aromatic rings. The highest BCUT2D eigenvalue weighted by Gasteiger charge is 2.10. The number of likely N-dealkylation sites (tertiary alicyclic amines) is 1. The summed E-state index contributed by atoms with van der Waals surface area (Å²) in [5, 5.41) is 3.18. The minimum Gasteiger partial charge on any atom is -0.492 e. The molecule has 0 atom stereocenters. The lowest BCUT2D eigenvalue weighted by molar-refractivity contribution is 0.238. The molecule has 0 bridgehead atoms. The van der Waals surface area contributed by atoms with Crippen LogP contribution >= 0.6 is 0 Å². The van der Waals surface area contributed by atoms with Gasteiger partial charge < -0.3 is 15.8 Å². The minimum absolute atomic E-state index is 0.444. The van der Waals surface area contributed by atoms with E-state index in [1.54, 1.807) is 6.07 Å². The molecule has 1 aliphatic rings. The molecular formula is C16H21N5O. The molecule has 3 rings (SSSR count). The molecule has 0 spiro atoms. The zero-order chi connectivity index (χ0) is 15.2. The summed E-state index contributed by atoms with van der Waals surface area (Å²) in [5.74, 6) is 2.00. The van der Waals surface area contributed by atoms with Crippen molar-refractivity contribution in [1.29, 1.82) is 0 Å². The van der Waals surface area contributed by atoms with E-state index in [1.807, 2.05) is 24.3 Å². The highest BCUT2D eigenvalue weighted by atomic mass is 16.5. The van der Waals surface area contributed by atoms with Crippen molar-refractivity contribution in [3.8, 4) is 5.75 Å². The normalized spacial score (nSPS) is 14.9. The Hall–Kier alpha value is -2.34. The molecule has 1 fully saturated rings. The van der Waals surface area contributed by atoms with E-state index >= 15 is 0 Å². The first-order valence-corrected chi connectivity index (χ1v) is 7.59. The van der Waals surface area contributed by atoms with Gasteiger partial charge in [-0.25, -0.2) is 9.97 Å². The predicted octanol–water partition coefficient (Wildman–Crippen LogP) is 2.28. The van der Waals surface area contributed by atoms with E-state index in [0.29, 0.717) is 11.6 Å². The van der Waals surface area contributed by atoms with Crippen LogP contribution in [0.15, 0.2) is 36.7 Å². The number of hydrogen-bond donors (Lipinski definition) is 2. The van der Waals surface area contributed by atoms with E-state index in [0.717, 1.165) is 24.6 Å². The molecule has 1 saturated heterocycles. The summed E-state index contributed by atoms with van der Waals surface area (Å²) in [6, 6.07) is 9.53. The van der Waals surface area contributed by atoms with Crippen LogP contribution in [-0.4, -0.2) is 41.1 Å². The van der Waals surface area contributed by atoms with E-state index in [-0.39, 0.29) is 0 Å². The van der Waals surface area contributed by atoms with Gasteiger partial charge in [-0.2, -0.15) is 0 Å². The van der Waals surface area contributed by atoms with E-state index in [9.17, 15) is 0 Å². The molecule has 22 heavy (non-hydrogen) atoms. The number of anilines is 3. The third-order valence-electron chi connectivity index (χ3n) is 3.69. The van der Waals surface area contributed by atoms with Gasteiger partial charge in [0.2, 0.25) is 0 Å². The van der Waals surface area contributed by atoms with Crippen molar-refractivity contribution in [2.24, 2.45) is 0 Å². The van der Waals surface area contributed by atoms with Crippen molar-refractivity contribution >= 4 is 17.3 Å². The zero-order valence-electron chi connectivity index (χ0n) is 12.5. The van der Waals surface area contributed by atoms with Crippen molar-refractivity contribution in [3.05, 3.63) is 36.7 Å². The lowest BCUT2D eigenvalue weighted by atomic mass is 10.3. The summed E-state index contributed by atoms with van der Waals surface area (Å²) in [7, 11) is 0. The summed E-state index contributed by atoms with van der Waals surface area (Å²) < 4.78 is 5.78.